The second-order valence-corrected chi connectivity index (χ2v) is 9.90. The molecule has 7 nitrogen and oxygen atoms in total. The predicted molar refractivity (Wildman–Crippen MR) is 136 cm³/mol. The van der Waals surface area contributed by atoms with E-state index in [2.05, 4.69) is 23.5 Å². The molecule has 3 atom stereocenters. The molecule has 0 unspecified atom stereocenters. The average molecular weight is 472 g/mol. The molecule has 1 aliphatic carbocycles. The molecule has 2 aromatic carbocycles. The van der Waals surface area contributed by atoms with E-state index in [9.17, 15) is 9.59 Å². The van der Waals surface area contributed by atoms with Crippen LogP contribution in [-0.4, -0.2) is 35.3 Å². The van der Waals surface area contributed by atoms with Gasteiger partial charge in [0.05, 0.1) is 11.6 Å². The summed E-state index contributed by atoms with van der Waals surface area (Å²) >= 11 is 0. The summed E-state index contributed by atoms with van der Waals surface area (Å²) < 4.78 is 0. The van der Waals surface area contributed by atoms with E-state index < -0.39 is 5.54 Å². The van der Waals surface area contributed by atoms with Crippen LogP contribution in [0.1, 0.15) is 56.1 Å². The molecule has 0 spiro atoms. The number of hydrogen-bond acceptors (Lipinski definition) is 5. The van der Waals surface area contributed by atoms with Crippen LogP contribution in [0, 0.1) is 23.2 Å². The Balaban J connectivity index is 1.39. The van der Waals surface area contributed by atoms with Crippen molar-refractivity contribution < 1.29 is 9.59 Å². The summed E-state index contributed by atoms with van der Waals surface area (Å²) in [6, 6.07) is 19.1. The van der Waals surface area contributed by atoms with Gasteiger partial charge in [-0.05, 0) is 73.8 Å². The number of likely N-dealkylation sites (N-methyl/N-ethyl adjacent to an activating group) is 1. The Morgan fingerprint density at radius 1 is 1.17 bits per heavy atom. The van der Waals surface area contributed by atoms with E-state index in [4.69, 9.17) is 16.0 Å². The van der Waals surface area contributed by atoms with Gasteiger partial charge < -0.3 is 11.1 Å². The predicted octanol–water partition coefficient (Wildman–Crippen LogP) is 4.24. The number of amides is 2. The molecule has 0 bridgehead atoms. The first kappa shape index (κ1) is 24.5. The van der Waals surface area contributed by atoms with Crippen LogP contribution in [0.25, 0.3) is 0 Å². The molecule has 2 aromatic rings. The number of nitrogens with zero attached hydrogens (tertiary/aromatic N) is 3. The number of aryl methyl sites for hydroxylation is 1. The van der Waals surface area contributed by atoms with Crippen molar-refractivity contribution in [1.29, 1.82) is 5.26 Å². The average Bonchev–Trinajstić information content (AvgIpc) is 3.07. The topological polar surface area (TPSA) is 112 Å². The molecule has 1 fully saturated rings. The Labute approximate surface area is 207 Å². The highest BCUT2D eigenvalue weighted by molar-refractivity contribution is 6.06. The molecule has 1 saturated carbocycles. The number of benzene rings is 2. The quantitative estimate of drug-likeness (QED) is 0.600. The zero-order chi connectivity index (χ0) is 24.8. The number of rotatable bonds is 8. The summed E-state index contributed by atoms with van der Waals surface area (Å²) in [5.74, 6) is 0.843. The van der Waals surface area contributed by atoms with Crippen molar-refractivity contribution in [3.63, 3.8) is 0 Å². The zero-order valence-electron chi connectivity index (χ0n) is 20.2. The van der Waals surface area contributed by atoms with Gasteiger partial charge in [0.1, 0.15) is 5.54 Å². The molecular weight excluding hydrogens is 438 g/mol. The third kappa shape index (κ3) is 5.89. The fourth-order valence-corrected chi connectivity index (χ4v) is 5.50. The van der Waals surface area contributed by atoms with Crippen molar-refractivity contribution in [2.45, 2.75) is 56.9 Å². The summed E-state index contributed by atoms with van der Waals surface area (Å²) in [5, 5.41) is 11.9. The number of guanidine groups is 1. The van der Waals surface area contributed by atoms with Crippen molar-refractivity contribution >= 4 is 23.5 Å². The highest BCUT2D eigenvalue weighted by atomic mass is 16.2. The molecule has 0 aromatic heterocycles. The van der Waals surface area contributed by atoms with Crippen LogP contribution >= 0.6 is 0 Å². The van der Waals surface area contributed by atoms with E-state index in [1.807, 2.05) is 18.2 Å². The standard InChI is InChI=1S/C28H33N5O2/c1-33-26(35)28(32-27(33)30,15-14-20-6-3-2-4-7-20)18-23-9-5-8-22(16-23)17-25(34)31-24-12-10-21(19-29)11-13-24/h2-4,6-7,10-13,22-23H,5,8-9,14-18H2,1H3,(H2,30,32)(H,31,34)/t22-,23+,28-/m1/s1. The van der Waals surface area contributed by atoms with Crippen LogP contribution < -0.4 is 11.1 Å². The monoisotopic (exact) mass is 471 g/mol. The van der Waals surface area contributed by atoms with E-state index >= 15 is 0 Å². The number of anilines is 1. The molecule has 3 N–H and O–H groups in total. The van der Waals surface area contributed by atoms with Crippen LogP contribution in [0.3, 0.4) is 0 Å². The number of nitrogens with two attached hydrogens (primary N) is 1. The van der Waals surface area contributed by atoms with Crippen LogP contribution in [0.15, 0.2) is 59.6 Å². The van der Waals surface area contributed by atoms with Crippen LogP contribution in [0.5, 0.6) is 0 Å². The van der Waals surface area contributed by atoms with E-state index in [0.717, 1.165) is 32.1 Å². The van der Waals surface area contributed by atoms with Gasteiger partial charge in [-0.3, -0.25) is 14.5 Å². The number of nitriles is 1. The van der Waals surface area contributed by atoms with Crippen molar-refractivity contribution in [2.75, 3.05) is 12.4 Å². The molecule has 1 heterocycles. The fraction of sp³-hybridized carbons (Fsp3) is 0.429. The molecule has 2 aliphatic rings. The van der Waals surface area contributed by atoms with Crippen molar-refractivity contribution in [2.24, 2.45) is 22.6 Å². The third-order valence-corrected chi connectivity index (χ3v) is 7.33. The van der Waals surface area contributed by atoms with E-state index in [-0.39, 0.29) is 23.7 Å². The second-order valence-electron chi connectivity index (χ2n) is 9.90. The Morgan fingerprint density at radius 2 is 1.89 bits per heavy atom. The first-order valence-corrected chi connectivity index (χ1v) is 12.4. The van der Waals surface area contributed by atoms with Crippen molar-refractivity contribution in [3.8, 4) is 6.07 Å². The number of carbonyl (C=O) groups is 2. The fourth-order valence-electron chi connectivity index (χ4n) is 5.50. The lowest BCUT2D eigenvalue weighted by Gasteiger charge is -2.34. The van der Waals surface area contributed by atoms with E-state index in [0.29, 0.717) is 36.4 Å². The molecule has 1 aliphatic heterocycles. The maximum absolute atomic E-state index is 13.3. The first-order chi connectivity index (χ1) is 16.9. The number of nitrogens with one attached hydrogen (secondary N) is 1. The van der Waals surface area contributed by atoms with Gasteiger partial charge in [-0.25, -0.2) is 4.99 Å². The highest BCUT2D eigenvalue weighted by Crippen LogP contribution is 2.40. The lowest BCUT2D eigenvalue weighted by molar-refractivity contribution is -0.131. The van der Waals surface area contributed by atoms with Gasteiger partial charge in [0.2, 0.25) is 5.91 Å². The Hall–Kier alpha value is -3.66. The summed E-state index contributed by atoms with van der Waals surface area (Å²) in [4.78, 5) is 32.2. The summed E-state index contributed by atoms with van der Waals surface area (Å²) in [7, 11) is 1.70. The lowest BCUT2D eigenvalue weighted by Crippen LogP contribution is -2.44. The highest BCUT2D eigenvalue weighted by Gasteiger charge is 2.47. The van der Waals surface area contributed by atoms with Crippen LogP contribution in [-0.2, 0) is 16.0 Å². The van der Waals surface area contributed by atoms with Gasteiger partial charge in [0, 0.05) is 19.2 Å². The van der Waals surface area contributed by atoms with Crippen LogP contribution in [0.4, 0.5) is 5.69 Å². The minimum atomic E-state index is -0.827. The number of hydrogen-bond donors (Lipinski definition) is 2. The zero-order valence-corrected chi connectivity index (χ0v) is 20.2. The normalized spacial score (nSPS) is 24.1. The Bertz CT molecular complexity index is 1120. The summed E-state index contributed by atoms with van der Waals surface area (Å²) in [6.07, 6.45) is 6.49. The molecule has 0 saturated heterocycles. The van der Waals surface area contributed by atoms with Gasteiger partial charge in [-0.1, -0.05) is 43.2 Å². The second kappa shape index (κ2) is 10.7. The van der Waals surface area contributed by atoms with Gasteiger partial charge >= 0.3 is 0 Å². The third-order valence-electron chi connectivity index (χ3n) is 7.33. The lowest BCUT2D eigenvalue weighted by atomic mass is 9.73. The Kier molecular flexibility index (Phi) is 7.50. The molecule has 182 valence electrons. The minimum Gasteiger partial charge on any atom is -0.369 e. The summed E-state index contributed by atoms with van der Waals surface area (Å²) in [5.41, 5.74) is 7.71. The van der Waals surface area contributed by atoms with Crippen molar-refractivity contribution in [1.82, 2.24) is 4.90 Å². The minimum absolute atomic E-state index is 0.0157. The summed E-state index contributed by atoms with van der Waals surface area (Å²) in [6.45, 7) is 0. The molecule has 4 rings (SSSR count). The molecule has 0 radical (unpaired) electrons. The van der Waals surface area contributed by atoms with Gasteiger partial charge in [-0.15, -0.1) is 0 Å². The maximum atomic E-state index is 13.3. The Morgan fingerprint density at radius 3 is 2.54 bits per heavy atom. The molecule has 7 heteroatoms. The molecule has 35 heavy (non-hydrogen) atoms. The maximum Gasteiger partial charge on any atom is 0.257 e. The van der Waals surface area contributed by atoms with Crippen LogP contribution in [0.2, 0.25) is 0 Å². The first-order valence-electron chi connectivity index (χ1n) is 12.4. The largest absolute Gasteiger partial charge is 0.369 e. The molecular formula is C28H33N5O2. The van der Waals surface area contributed by atoms with Gasteiger partial charge in [0.15, 0.2) is 5.96 Å². The van der Waals surface area contributed by atoms with E-state index in [1.54, 1.807) is 31.3 Å². The number of carbonyl (C=O) groups excluding carboxylic acids is 2. The molecule has 2 amide bonds. The smallest absolute Gasteiger partial charge is 0.257 e. The number of aliphatic imine (C=N–C) groups is 1. The SMILES string of the molecule is CN1C(=O)[C@@](CCc2ccccc2)(C[C@H]2CCC[C@@H](CC(=O)Nc3ccc(C#N)cc3)C2)N=C1N. The van der Waals surface area contributed by atoms with Gasteiger partial charge in [-0.2, -0.15) is 5.26 Å². The van der Waals surface area contributed by atoms with Gasteiger partial charge in [0.25, 0.3) is 5.91 Å². The van der Waals surface area contributed by atoms with E-state index in [1.165, 1.54) is 10.5 Å². The van der Waals surface area contributed by atoms with Crippen molar-refractivity contribution in [3.05, 3.63) is 65.7 Å².